The first-order chi connectivity index (χ1) is 8.00. The van der Waals surface area contributed by atoms with Crippen LogP contribution in [0.1, 0.15) is 31.1 Å². The van der Waals surface area contributed by atoms with Crippen LogP contribution in [-0.2, 0) is 6.54 Å². The van der Waals surface area contributed by atoms with E-state index in [1.54, 1.807) is 18.2 Å². The standard InChI is InChI=1S/C13H15NO3/c1-8(2)7-14-12-10(9(3)15)5-4-6-11(12)13(16)17-14/h4-6,8H,7H2,1-3H3. The molecule has 2 rings (SSSR count). The summed E-state index contributed by atoms with van der Waals surface area (Å²) in [6.07, 6.45) is 0. The molecule has 0 N–H and O–H groups in total. The minimum atomic E-state index is -0.385. The Hall–Kier alpha value is -1.84. The van der Waals surface area contributed by atoms with E-state index in [4.69, 9.17) is 4.52 Å². The van der Waals surface area contributed by atoms with Crippen LogP contribution in [0.2, 0.25) is 0 Å². The summed E-state index contributed by atoms with van der Waals surface area (Å²) in [5.74, 6) is 0.280. The topological polar surface area (TPSA) is 52.2 Å². The highest BCUT2D eigenvalue weighted by Gasteiger charge is 2.15. The number of fused-ring (bicyclic) bond motifs is 1. The molecule has 1 aromatic heterocycles. The van der Waals surface area contributed by atoms with Gasteiger partial charge in [-0.15, -0.1) is 0 Å². The Kier molecular flexibility index (Phi) is 2.88. The van der Waals surface area contributed by atoms with Crippen LogP contribution in [0.5, 0.6) is 0 Å². The van der Waals surface area contributed by atoms with Crippen LogP contribution in [0.4, 0.5) is 0 Å². The molecule has 4 nitrogen and oxygen atoms in total. The number of carbonyl (C=O) groups excluding carboxylic acids is 1. The average Bonchev–Trinajstić information content (AvgIpc) is 2.55. The highest BCUT2D eigenvalue weighted by molar-refractivity contribution is 6.05. The van der Waals surface area contributed by atoms with E-state index in [0.717, 1.165) is 0 Å². The van der Waals surface area contributed by atoms with E-state index < -0.39 is 0 Å². The molecular formula is C13H15NO3. The quantitative estimate of drug-likeness (QED) is 0.765. The van der Waals surface area contributed by atoms with E-state index in [2.05, 4.69) is 0 Å². The van der Waals surface area contributed by atoms with Gasteiger partial charge in [0.1, 0.15) is 5.52 Å². The predicted molar refractivity (Wildman–Crippen MR) is 65.3 cm³/mol. The van der Waals surface area contributed by atoms with Gasteiger partial charge >= 0.3 is 5.63 Å². The van der Waals surface area contributed by atoms with Crippen molar-refractivity contribution in [2.45, 2.75) is 27.3 Å². The van der Waals surface area contributed by atoms with Crippen molar-refractivity contribution in [3.05, 3.63) is 34.2 Å². The molecule has 2 aromatic rings. The van der Waals surface area contributed by atoms with Crippen molar-refractivity contribution in [1.29, 1.82) is 0 Å². The van der Waals surface area contributed by atoms with Gasteiger partial charge in [-0.2, -0.15) is 0 Å². The first-order valence-corrected chi connectivity index (χ1v) is 5.64. The number of ketones is 1. The van der Waals surface area contributed by atoms with Crippen LogP contribution in [-0.4, -0.2) is 10.5 Å². The molecule has 0 aliphatic heterocycles. The predicted octanol–water partition coefficient (Wildman–Crippen LogP) is 2.45. The number of Topliss-reactive ketones (excluding diaryl/α,β-unsaturated/α-hetero) is 1. The van der Waals surface area contributed by atoms with Crippen molar-refractivity contribution >= 4 is 16.7 Å². The average molecular weight is 233 g/mol. The van der Waals surface area contributed by atoms with Gasteiger partial charge in [0.15, 0.2) is 5.78 Å². The summed E-state index contributed by atoms with van der Waals surface area (Å²) in [5.41, 5.74) is 0.761. The van der Waals surface area contributed by atoms with Crippen molar-refractivity contribution in [3.63, 3.8) is 0 Å². The Morgan fingerprint density at radius 2 is 2.12 bits per heavy atom. The smallest absolute Gasteiger partial charge is 0.335 e. The third-order valence-electron chi connectivity index (χ3n) is 2.61. The summed E-state index contributed by atoms with van der Waals surface area (Å²) in [6.45, 7) is 6.14. The molecule has 1 aromatic carbocycles. The zero-order valence-corrected chi connectivity index (χ0v) is 10.2. The molecule has 90 valence electrons. The minimum Gasteiger partial charge on any atom is -0.335 e. The van der Waals surface area contributed by atoms with Gasteiger partial charge in [0, 0.05) is 5.56 Å². The second kappa shape index (κ2) is 4.20. The highest BCUT2D eigenvalue weighted by atomic mass is 16.5. The Balaban J connectivity index is 2.76. The Morgan fingerprint density at radius 1 is 1.41 bits per heavy atom. The molecule has 0 saturated heterocycles. The largest absolute Gasteiger partial charge is 0.365 e. The molecule has 4 heteroatoms. The van der Waals surface area contributed by atoms with Gasteiger partial charge < -0.3 is 4.52 Å². The second-order valence-corrected chi connectivity index (χ2v) is 4.59. The number of hydrogen-bond donors (Lipinski definition) is 0. The fourth-order valence-electron chi connectivity index (χ4n) is 1.92. The summed E-state index contributed by atoms with van der Waals surface area (Å²) in [5, 5.41) is 0.471. The molecule has 0 saturated carbocycles. The van der Waals surface area contributed by atoms with Crippen molar-refractivity contribution < 1.29 is 9.32 Å². The first kappa shape index (κ1) is 11.6. The van der Waals surface area contributed by atoms with E-state index >= 15 is 0 Å². The third kappa shape index (κ3) is 2.02. The molecule has 0 radical (unpaired) electrons. The number of rotatable bonds is 3. The monoisotopic (exact) mass is 233 g/mol. The molecular weight excluding hydrogens is 218 g/mol. The van der Waals surface area contributed by atoms with Crippen molar-refractivity contribution in [1.82, 2.24) is 4.74 Å². The van der Waals surface area contributed by atoms with Gasteiger partial charge in [0.2, 0.25) is 0 Å². The lowest BCUT2D eigenvalue weighted by atomic mass is 10.1. The molecule has 0 bridgehead atoms. The van der Waals surface area contributed by atoms with Gasteiger partial charge in [-0.3, -0.25) is 4.79 Å². The number of benzene rings is 1. The fraction of sp³-hybridized carbons (Fsp3) is 0.385. The molecule has 1 heterocycles. The molecule has 17 heavy (non-hydrogen) atoms. The lowest BCUT2D eigenvalue weighted by Gasteiger charge is -2.07. The number of hydrogen-bond acceptors (Lipinski definition) is 3. The third-order valence-corrected chi connectivity index (χ3v) is 2.61. The Labute approximate surface area is 98.8 Å². The van der Waals surface area contributed by atoms with Crippen molar-refractivity contribution in [2.75, 3.05) is 0 Å². The summed E-state index contributed by atoms with van der Waals surface area (Å²) in [4.78, 5) is 23.2. The lowest BCUT2D eigenvalue weighted by molar-refractivity contribution is 0.101. The molecule has 0 aliphatic rings. The maximum Gasteiger partial charge on any atom is 0.365 e. The molecule has 0 atom stereocenters. The second-order valence-electron chi connectivity index (χ2n) is 4.59. The van der Waals surface area contributed by atoms with Crippen molar-refractivity contribution in [2.24, 2.45) is 5.92 Å². The Morgan fingerprint density at radius 3 is 2.71 bits per heavy atom. The van der Waals surface area contributed by atoms with E-state index in [-0.39, 0.29) is 11.4 Å². The minimum absolute atomic E-state index is 0.0612. The van der Waals surface area contributed by atoms with Crippen LogP contribution in [0.15, 0.2) is 27.5 Å². The van der Waals surface area contributed by atoms with E-state index in [1.807, 2.05) is 13.8 Å². The molecule has 0 fully saturated rings. The zero-order chi connectivity index (χ0) is 12.6. The van der Waals surface area contributed by atoms with E-state index in [1.165, 1.54) is 11.7 Å². The maximum atomic E-state index is 11.7. The highest BCUT2D eigenvalue weighted by Crippen LogP contribution is 2.18. The molecule has 0 unspecified atom stereocenters. The summed E-state index contributed by atoms with van der Waals surface area (Å²) >= 11 is 0. The Bertz CT molecular complexity index is 619. The van der Waals surface area contributed by atoms with Gasteiger partial charge in [-0.25, -0.2) is 9.53 Å². The normalized spacial score (nSPS) is 11.3. The number of para-hydroxylation sites is 1. The first-order valence-electron chi connectivity index (χ1n) is 5.64. The SMILES string of the molecule is CC(=O)c1cccc2c(=O)on(CC(C)C)c12. The van der Waals surface area contributed by atoms with E-state index in [0.29, 0.717) is 28.9 Å². The van der Waals surface area contributed by atoms with Gasteiger partial charge in [-0.05, 0) is 25.0 Å². The van der Waals surface area contributed by atoms with Crippen LogP contribution in [0.3, 0.4) is 0 Å². The maximum absolute atomic E-state index is 11.7. The van der Waals surface area contributed by atoms with Gasteiger partial charge in [0.25, 0.3) is 0 Å². The molecule has 0 aliphatic carbocycles. The van der Waals surface area contributed by atoms with Gasteiger partial charge in [-0.1, -0.05) is 19.9 Å². The van der Waals surface area contributed by atoms with Crippen LogP contribution in [0, 0.1) is 5.92 Å². The fourth-order valence-corrected chi connectivity index (χ4v) is 1.92. The molecule has 0 amide bonds. The van der Waals surface area contributed by atoms with Crippen molar-refractivity contribution in [3.8, 4) is 0 Å². The summed E-state index contributed by atoms with van der Waals surface area (Å²) in [6, 6.07) is 5.11. The number of aromatic nitrogens is 1. The number of carbonyl (C=O) groups is 1. The number of nitrogens with zero attached hydrogens (tertiary/aromatic N) is 1. The summed E-state index contributed by atoms with van der Waals surface area (Å²) in [7, 11) is 0. The van der Waals surface area contributed by atoms with Crippen LogP contribution >= 0.6 is 0 Å². The lowest BCUT2D eigenvalue weighted by Crippen LogP contribution is -2.06. The van der Waals surface area contributed by atoms with E-state index in [9.17, 15) is 9.59 Å². The zero-order valence-electron chi connectivity index (χ0n) is 10.2. The van der Waals surface area contributed by atoms with Gasteiger partial charge in [0.05, 0.1) is 11.9 Å². The summed E-state index contributed by atoms with van der Waals surface area (Å²) < 4.78 is 6.70. The van der Waals surface area contributed by atoms with Crippen LogP contribution < -0.4 is 5.63 Å². The van der Waals surface area contributed by atoms with Crippen LogP contribution in [0.25, 0.3) is 10.9 Å². The molecule has 0 spiro atoms.